The van der Waals surface area contributed by atoms with E-state index in [0.717, 1.165) is 32.1 Å². The zero-order chi connectivity index (χ0) is 13.7. The van der Waals surface area contributed by atoms with Gasteiger partial charge in [0, 0.05) is 31.6 Å². The fraction of sp³-hybridized carbons (Fsp3) is 0.933. The molecule has 4 heteroatoms. The van der Waals surface area contributed by atoms with Gasteiger partial charge in [-0.15, -0.1) is 0 Å². The van der Waals surface area contributed by atoms with Crippen molar-refractivity contribution in [1.29, 1.82) is 0 Å². The van der Waals surface area contributed by atoms with Crippen molar-refractivity contribution < 1.29 is 0 Å². The van der Waals surface area contributed by atoms with Crippen LogP contribution in [-0.4, -0.2) is 56.0 Å². The van der Waals surface area contributed by atoms with Gasteiger partial charge in [-0.1, -0.05) is 12.8 Å². The van der Waals surface area contributed by atoms with Crippen molar-refractivity contribution in [3.63, 3.8) is 0 Å². The summed E-state index contributed by atoms with van der Waals surface area (Å²) in [5.41, 5.74) is 6.56. The largest absolute Gasteiger partial charge is 0.370 e. The van der Waals surface area contributed by atoms with E-state index in [1.54, 1.807) is 0 Å². The lowest BCUT2D eigenvalue weighted by Gasteiger charge is -2.32. The normalized spacial score (nSPS) is 24.2. The molecule has 1 heterocycles. The van der Waals surface area contributed by atoms with Crippen molar-refractivity contribution in [1.82, 2.24) is 9.80 Å². The summed E-state index contributed by atoms with van der Waals surface area (Å²) in [5.74, 6) is 0.782. The predicted molar refractivity (Wildman–Crippen MR) is 81.4 cm³/mol. The Labute approximate surface area is 118 Å². The number of aliphatic imine (C=N–C) groups is 1. The van der Waals surface area contributed by atoms with Crippen molar-refractivity contribution in [3.05, 3.63) is 0 Å². The van der Waals surface area contributed by atoms with Crippen LogP contribution in [-0.2, 0) is 0 Å². The van der Waals surface area contributed by atoms with Crippen LogP contribution >= 0.6 is 0 Å². The molecule has 2 N–H and O–H groups in total. The standard InChI is InChI=1S/C15H30N4/c1-18(2)13-15(8-4-5-9-15)12-17-14(16)19-10-6-3-7-11-19/h3-13H2,1-2H3,(H2,16,17). The lowest BCUT2D eigenvalue weighted by Crippen LogP contribution is -2.42. The van der Waals surface area contributed by atoms with E-state index in [-0.39, 0.29) is 0 Å². The van der Waals surface area contributed by atoms with Gasteiger partial charge in [-0.25, -0.2) is 0 Å². The molecule has 0 atom stereocenters. The summed E-state index contributed by atoms with van der Waals surface area (Å²) in [4.78, 5) is 9.32. The Morgan fingerprint density at radius 1 is 1.11 bits per heavy atom. The van der Waals surface area contributed by atoms with Crippen LogP contribution < -0.4 is 5.73 Å². The number of guanidine groups is 1. The highest BCUT2D eigenvalue weighted by Gasteiger charge is 2.34. The van der Waals surface area contributed by atoms with E-state index in [2.05, 4.69) is 23.9 Å². The zero-order valence-corrected chi connectivity index (χ0v) is 12.7. The van der Waals surface area contributed by atoms with Gasteiger partial charge in [0.2, 0.25) is 0 Å². The van der Waals surface area contributed by atoms with Crippen LogP contribution in [0, 0.1) is 5.41 Å². The van der Waals surface area contributed by atoms with Crippen LogP contribution in [0.3, 0.4) is 0 Å². The Hall–Kier alpha value is -0.770. The minimum absolute atomic E-state index is 0.379. The maximum Gasteiger partial charge on any atom is 0.191 e. The SMILES string of the molecule is CN(C)CC1(CN=C(N)N2CCCCC2)CCCC1. The van der Waals surface area contributed by atoms with Crippen molar-refractivity contribution in [2.75, 3.05) is 40.3 Å². The van der Waals surface area contributed by atoms with Crippen molar-refractivity contribution in [2.24, 2.45) is 16.1 Å². The van der Waals surface area contributed by atoms with Crippen LogP contribution in [0.4, 0.5) is 0 Å². The molecule has 1 saturated heterocycles. The third kappa shape index (κ3) is 4.10. The number of nitrogens with zero attached hydrogens (tertiary/aromatic N) is 3. The van der Waals surface area contributed by atoms with Crippen molar-refractivity contribution >= 4 is 5.96 Å². The second kappa shape index (κ2) is 6.60. The van der Waals surface area contributed by atoms with Gasteiger partial charge in [-0.2, -0.15) is 0 Å². The van der Waals surface area contributed by atoms with E-state index in [1.807, 2.05) is 0 Å². The molecule has 0 bridgehead atoms. The number of nitrogens with two attached hydrogens (primary N) is 1. The maximum atomic E-state index is 6.18. The molecule has 0 amide bonds. The van der Waals surface area contributed by atoms with Gasteiger partial charge in [-0.05, 0) is 46.2 Å². The van der Waals surface area contributed by atoms with Crippen LogP contribution in [0.25, 0.3) is 0 Å². The first-order chi connectivity index (χ1) is 9.11. The number of rotatable bonds is 4. The Morgan fingerprint density at radius 3 is 2.32 bits per heavy atom. The van der Waals surface area contributed by atoms with Gasteiger partial charge >= 0.3 is 0 Å². The van der Waals surface area contributed by atoms with Crippen LogP contribution in [0.2, 0.25) is 0 Å². The van der Waals surface area contributed by atoms with Crippen LogP contribution in [0.15, 0.2) is 4.99 Å². The summed E-state index contributed by atoms with van der Waals surface area (Å²) < 4.78 is 0. The Kier molecular flexibility index (Phi) is 5.08. The van der Waals surface area contributed by atoms with E-state index in [4.69, 9.17) is 10.7 Å². The summed E-state index contributed by atoms with van der Waals surface area (Å²) in [7, 11) is 4.33. The maximum absolute atomic E-state index is 6.18. The molecule has 0 aromatic heterocycles. The first-order valence-corrected chi connectivity index (χ1v) is 7.81. The molecule has 1 aliphatic heterocycles. The average Bonchev–Trinajstić information content (AvgIpc) is 2.85. The summed E-state index contributed by atoms with van der Waals surface area (Å²) in [6.07, 6.45) is 9.19. The van der Waals surface area contributed by atoms with E-state index >= 15 is 0 Å². The monoisotopic (exact) mass is 266 g/mol. The van der Waals surface area contributed by atoms with E-state index < -0.39 is 0 Å². The molecule has 110 valence electrons. The van der Waals surface area contributed by atoms with Crippen LogP contribution in [0.1, 0.15) is 44.9 Å². The molecular formula is C15H30N4. The quantitative estimate of drug-likeness (QED) is 0.624. The number of hydrogen-bond donors (Lipinski definition) is 1. The highest BCUT2D eigenvalue weighted by Crippen LogP contribution is 2.38. The van der Waals surface area contributed by atoms with E-state index in [0.29, 0.717) is 5.41 Å². The summed E-state index contributed by atoms with van der Waals surface area (Å²) in [5, 5.41) is 0. The summed E-state index contributed by atoms with van der Waals surface area (Å²) >= 11 is 0. The van der Waals surface area contributed by atoms with Gasteiger partial charge < -0.3 is 15.5 Å². The lowest BCUT2D eigenvalue weighted by atomic mass is 9.86. The third-order valence-electron chi connectivity index (χ3n) is 4.57. The molecule has 2 aliphatic rings. The minimum atomic E-state index is 0.379. The highest BCUT2D eigenvalue weighted by molar-refractivity contribution is 5.78. The summed E-state index contributed by atoms with van der Waals surface area (Å²) in [6, 6.07) is 0. The molecule has 0 radical (unpaired) electrons. The van der Waals surface area contributed by atoms with Gasteiger partial charge in [0.15, 0.2) is 5.96 Å². The molecule has 19 heavy (non-hydrogen) atoms. The first-order valence-electron chi connectivity index (χ1n) is 7.81. The molecule has 2 rings (SSSR count). The molecule has 0 aromatic rings. The second-order valence-electron chi connectivity index (χ2n) is 6.67. The Bertz CT molecular complexity index is 299. The highest BCUT2D eigenvalue weighted by atomic mass is 15.3. The lowest BCUT2D eigenvalue weighted by molar-refractivity contribution is 0.209. The predicted octanol–water partition coefficient (Wildman–Crippen LogP) is 1.91. The molecule has 0 aromatic carbocycles. The Balaban J connectivity index is 1.93. The molecule has 0 spiro atoms. The zero-order valence-electron chi connectivity index (χ0n) is 12.7. The molecule has 0 unspecified atom stereocenters. The van der Waals surface area contributed by atoms with E-state index in [1.165, 1.54) is 44.9 Å². The van der Waals surface area contributed by atoms with Crippen molar-refractivity contribution in [3.8, 4) is 0 Å². The average molecular weight is 266 g/mol. The molecule has 2 fully saturated rings. The van der Waals surface area contributed by atoms with Crippen molar-refractivity contribution in [2.45, 2.75) is 44.9 Å². The van der Waals surface area contributed by atoms with E-state index in [9.17, 15) is 0 Å². The molecule has 1 aliphatic carbocycles. The Morgan fingerprint density at radius 2 is 1.74 bits per heavy atom. The molecule has 4 nitrogen and oxygen atoms in total. The number of hydrogen-bond acceptors (Lipinski definition) is 2. The first kappa shape index (κ1) is 14.6. The van der Waals surface area contributed by atoms with Crippen LogP contribution in [0.5, 0.6) is 0 Å². The van der Waals surface area contributed by atoms with Gasteiger partial charge in [0.1, 0.15) is 0 Å². The topological polar surface area (TPSA) is 44.9 Å². The fourth-order valence-corrected chi connectivity index (χ4v) is 3.63. The number of likely N-dealkylation sites (tertiary alicyclic amines) is 1. The van der Waals surface area contributed by atoms with Gasteiger partial charge in [0.05, 0.1) is 0 Å². The molecule has 1 saturated carbocycles. The van der Waals surface area contributed by atoms with Gasteiger partial charge in [-0.3, -0.25) is 4.99 Å². The number of piperidine rings is 1. The molecular weight excluding hydrogens is 236 g/mol. The minimum Gasteiger partial charge on any atom is -0.370 e. The van der Waals surface area contributed by atoms with Gasteiger partial charge in [0.25, 0.3) is 0 Å². The summed E-state index contributed by atoms with van der Waals surface area (Å²) in [6.45, 7) is 4.24. The second-order valence-corrected chi connectivity index (χ2v) is 6.67. The third-order valence-corrected chi connectivity index (χ3v) is 4.57. The fourth-order valence-electron chi connectivity index (χ4n) is 3.63. The smallest absolute Gasteiger partial charge is 0.191 e.